The predicted octanol–water partition coefficient (Wildman–Crippen LogP) is 2.55. The summed E-state index contributed by atoms with van der Waals surface area (Å²) in [6.45, 7) is -3.06. The maximum absolute atomic E-state index is 12.3. The molecule has 15 heavy (non-hydrogen) atoms. The Hall–Kier alpha value is -1.30. The zero-order chi connectivity index (χ0) is 11.4. The van der Waals surface area contributed by atoms with Crippen molar-refractivity contribution in [1.82, 2.24) is 0 Å². The lowest BCUT2D eigenvalue weighted by atomic mass is 10.1. The molecule has 1 atom stereocenters. The summed E-state index contributed by atoms with van der Waals surface area (Å²) in [4.78, 5) is 0. The fraction of sp³-hybridized carbons (Fsp3) is 0.333. The van der Waals surface area contributed by atoms with Crippen LogP contribution in [-0.4, -0.2) is 13.0 Å². The number of rotatable bonds is 4. The molecule has 2 N–H and O–H groups in total. The Bertz CT molecular complexity index is 319. The summed E-state index contributed by atoms with van der Waals surface area (Å²) < 4.78 is 52.4. The van der Waals surface area contributed by atoms with Crippen molar-refractivity contribution in [3.8, 4) is 5.75 Å². The molecule has 0 aliphatic carbocycles. The first kappa shape index (κ1) is 11.8. The first-order chi connectivity index (χ1) is 7.02. The molecule has 0 heterocycles. The molecule has 1 aromatic carbocycles. The quantitative estimate of drug-likeness (QED) is 0.796. The van der Waals surface area contributed by atoms with E-state index in [1.807, 2.05) is 0 Å². The molecule has 84 valence electrons. The Labute approximate surface area is 83.6 Å². The van der Waals surface area contributed by atoms with E-state index >= 15 is 0 Å². The summed E-state index contributed by atoms with van der Waals surface area (Å²) in [6.07, 6.45) is -2.83. The highest BCUT2D eigenvalue weighted by Gasteiger charge is 2.22. The second-order valence-corrected chi connectivity index (χ2v) is 2.78. The number of benzene rings is 1. The fourth-order valence-electron chi connectivity index (χ4n) is 1.09. The van der Waals surface area contributed by atoms with E-state index in [0.29, 0.717) is 0 Å². The second kappa shape index (κ2) is 4.97. The number of ether oxygens (including phenoxy) is 1. The summed E-state index contributed by atoms with van der Waals surface area (Å²) in [6, 6.07) is 3.60. The van der Waals surface area contributed by atoms with Crippen molar-refractivity contribution < 1.29 is 22.3 Å². The van der Waals surface area contributed by atoms with Gasteiger partial charge in [0, 0.05) is 5.56 Å². The molecule has 1 aromatic rings. The van der Waals surface area contributed by atoms with Crippen LogP contribution < -0.4 is 10.5 Å². The Balaban J connectivity index is 2.95. The Morgan fingerprint density at radius 3 is 2.20 bits per heavy atom. The minimum Gasteiger partial charge on any atom is -0.434 e. The largest absolute Gasteiger partial charge is 0.434 e. The molecule has 0 spiro atoms. The van der Waals surface area contributed by atoms with Crippen LogP contribution in [0.25, 0.3) is 0 Å². The van der Waals surface area contributed by atoms with Crippen LogP contribution >= 0.6 is 0 Å². The molecule has 0 radical (unpaired) electrons. The van der Waals surface area contributed by atoms with Crippen LogP contribution in [0.3, 0.4) is 0 Å². The van der Waals surface area contributed by atoms with Crippen LogP contribution in [0.5, 0.6) is 5.75 Å². The topological polar surface area (TPSA) is 35.2 Å². The third-order valence-corrected chi connectivity index (χ3v) is 1.77. The molecule has 6 heteroatoms. The van der Waals surface area contributed by atoms with Gasteiger partial charge in [-0.25, -0.2) is 8.78 Å². The van der Waals surface area contributed by atoms with Crippen LogP contribution in [0.15, 0.2) is 24.3 Å². The SMILES string of the molecule is N[C@H](c1ccccc1OC(F)F)C(F)F. The van der Waals surface area contributed by atoms with E-state index in [9.17, 15) is 17.6 Å². The van der Waals surface area contributed by atoms with Crippen LogP contribution in [0, 0.1) is 0 Å². The molecule has 0 amide bonds. The van der Waals surface area contributed by atoms with E-state index in [-0.39, 0.29) is 11.3 Å². The van der Waals surface area contributed by atoms with Gasteiger partial charge in [0.25, 0.3) is 6.43 Å². The number of hydrogen-bond acceptors (Lipinski definition) is 2. The van der Waals surface area contributed by atoms with E-state index in [1.165, 1.54) is 24.3 Å². The number of halogens is 4. The molecule has 0 saturated heterocycles. The molecule has 0 unspecified atom stereocenters. The molecular formula is C9H9F4NO. The monoisotopic (exact) mass is 223 g/mol. The van der Waals surface area contributed by atoms with Crippen LogP contribution in [0.2, 0.25) is 0 Å². The summed E-state index contributed by atoms with van der Waals surface area (Å²) >= 11 is 0. The molecule has 0 fully saturated rings. The highest BCUT2D eigenvalue weighted by molar-refractivity contribution is 5.36. The van der Waals surface area contributed by atoms with E-state index in [4.69, 9.17) is 5.73 Å². The van der Waals surface area contributed by atoms with Gasteiger partial charge in [0.2, 0.25) is 0 Å². The zero-order valence-electron chi connectivity index (χ0n) is 7.54. The Morgan fingerprint density at radius 2 is 1.67 bits per heavy atom. The number of alkyl halides is 4. The van der Waals surface area contributed by atoms with Crippen molar-refractivity contribution in [2.45, 2.75) is 19.1 Å². The average Bonchev–Trinajstić information content (AvgIpc) is 2.16. The Kier molecular flexibility index (Phi) is 3.90. The highest BCUT2D eigenvalue weighted by Crippen LogP contribution is 2.28. The number of hydrogen-bond donors (Lipinski definition) is 1. The third-order valence-electron chi connectivity index (χ3n) is 1.77. The van der Waals surface area contributed by atoms with E-state index < -0.39 is 19.1 Å². The first-order valence-electron chi connectivity index (χ1n) is 4.10. The molecule has 0 aliphatic rings. The molecule has 0 bridgehead atoms. The fourth-order valence-corrected chi connectivity index (χ4v) is 1.09. The standard InChI is InChI=1S/C9H9F4NO/c10-8(11)7(14)5-3-1-2-4-6(5)15-9(12)13/h1-4,7-9H,14H2/t7-/m1/s1. The van der Waals surface area contributed by atoms with E-state index in [2.05, 4.69) is 4.74 Å². The van der Waals surface area contributed by atoms with Gasteiger partial charge in [-0.3, -0.25) is 0 Å². The van der Waals surface area contributed by atoms with Crippen LogP contribution in [-0.2, 0) is 0 Å². The lowest BCUT2D eigenvalue weighted by Crippen LogP contribution is -2.20. The molecule has 0 saturated carbocycles. The van der Waals surface area contributed by atoms with Gasteiger partial charge in [0.15, 0.2) is 0 Å². The number of para-hydroxylation sites is 1. The molecule has 0 aliphatic heterocycles. The van der Waals surface area contributed by atoms with Gasteiger partial charge >= 0.3 is 6.61 Å². The molecule has 0 aromatic heterocycles. The van der Waals surface area contributed by atoms with Gasteiger partial charge < -0.3 is 10.5 Å². The maximum Gasteiger partial charge on any atom is 0.387 e. The molecular weight excluding hydrogens is 214 g/mol. The van der Waals surface area contributed by atoms with E-state index in [1.54, 1.807) is 0 Å². The minimum absolute atomic E-state index is 0.132. The smallest absolute Gasteiger partial charge is 0.387 e. The van der Waals surface area contributed by atoms with Crippen molar-refractivity contribution in [3.63, 3.8) is 0 Å². The van der Waals surface area contributed by atoms with Crippen molar-refractivity contribution in [2.75, 3.05) is 0 Å². The van der Waals surface area contributed by atoms with Crippen molar-refractivity contribution in [2.24, 2.45) is 5.73 Å². The van der Waals surface area contributed by atoms with Gasteiger partial charge in [-0.2, -0.15) is 8.78 Å². The van der Waals surface area contributed by atoms with Gasteiger partial charge in [-0.1, -0.05) is 18.2 Å². The van der Waals surface area contributed by atoms with Crippen molar-refractivity contribution >= 4 is 0 Å². The lowest BCUT2D eigenvalue weighted by Gasteiger charge is -2.15. The van der Waals surface area contributed by atoms with Crippen molar-refractivity contribution in [3.05, 3.63) is 29.8 Å². The van der Waals surface area contributed by atoms with Crippen LogP contribution in [0.4, 0.5) is 17.6 Å². The maximum atomic E-state index is 12.3. The van der Waals surface area contributed by atoms with Crippen LogP contribution in [0.1, 0.15) is 11.6 Å². The Morgan fingerprint density at radius 1 is 1.07 bits per heavy atom. The van der Waals surface area contributed by atoms with E-state index in [0.717, 1.165) is 0 Å². The lowest BCUT2D eigenvalue weighted by molar-refractivity contribution is -0.0512. The summed E-state index contributed by atoms with van der Waals surface area (Å²) in [7, 11) is 0. The van der Waals surface area contributed by atoms with Gasteiger partial charge in [-0.15, -0.1) is 0 Å². The predicted molar refractivity (Wildman–Crippen MR) is 46.0 cm³/mol. The molecule has 2 nitrogen and oxygen atoms in total. The highest BCUT2D eigenvalue weighted by atomic mass is 19.3. The van der Waals surface area contributed by atoms with Gasteiger partial charge in [-0.05, 0) is 6.07 Å². The molecule has 1 rings (SSSR count). The normalized spacial score (nSPS) is 13.3. The zero-order valence-corrected chi connectivity index (χ0v) is 7.54. The van der Waals surface area contributed by atoms with Crippen molar-refractivity contribution in [1.29, 1.82) is 0 Å². The average molecular weight is 223 g/mol. The second-order valence-electron chi connectivity index (χ2n) is 2.78. The summed E-state index contributed by atoms with van der Waals surface area (Å²) in [5.74, 6) is -0.319. The minimum atomic E-state index is -3.06. The summed E-state index contributed by atoms with van der Waals surface area (Å²) in [5, 5.41) is 0. The number of nitrogens with two attached hydrogens (primary N) is 1. The summed E-state index contributed by atoms with van der Waals surface area (Å²) in [5.41, 5.74) is 5.01. The van der Waals surface area contributed by atoms with Gasteiger partial charge in [0.1, 0.15) is 5.75 Å². The third kappa shape index (κ3) is 3.09. The first-order valence-corrected chi connectivity index (χ1v) is 4.10. The van der Waals surface area contributed by atoms with Gasteiger partial charge in [0.05, 0.1) is 6.04 Å².